The second kappa shape index (κ2) is 6.36. The lowest BCUT2D eigenvalue weighted by atomic mass is 10.1. The van der Waals surface area contributed by atoms with Gasteiger partial charge in [-0.2, -0.15) is 0 Å². The minimum Gasteiger partial charge on any atom is -0.380 e. The van der Waals surface area contributed by atoms with E-state index in [4.69, 9.17) is 9.88 Å². The lowest BCUT2D eigenvalue weighted by molar-refractivity contribution is 0.141. The third-order valence-electron chi connectivity index (χ3n) is 2.94. The van der Waals surface area contributed by atoms with Gasteiger partial charge in [0.2, 0.25) is 10.0 Å². The largest absolute Gasteiger partial charge is 0.380 e. The number of benzene rings is 1. The van der Waals surface area contributed by atoms with E-state index in [1.807, 2.05) is 27.7 Å². The number of nitrogens with two attached hydrogens (primary N) is 1. The van der Waals surface area contributed by atoms with Crippen LogP contribution in [0.15, 0.2) is 17.0 Å². The van der Waals surface area contributed by atoms with Crippen LogP contribution in [0.25, 0.3) is 0 Å². The first-order valence-electron chi connectivity index (χ1n) is 6.24. The fourth-order valence-electron chi connectivity index (χ4n) is 1.74. The van der Waals surface area contributed by atoms with Crippen LogP contribution < -0.4 is 10.5 Å². The molecule has 0 aliphatic heterocycles. The standard InChI is InChI=1S/C13H22N2O3S/c1-5-18-8-10(3)15-13-7-12(19(14,16)17)6-9(2)11(13)4/h6-7,10,15H,5,8H2,1-4H3,(H2,14,16,17). The van der Waals surface area contributed by atoms with E-state index in [1.165, 1.54) is 0 Å². The lowest BCUT2D eigenvalue weighted by Crippen LogP contribution is -2.23. The summed E-state index contributed by atoms with van der Waals surface area (Å²) in [5.41, 5.74) is 2.67. The first kappa shape index (κ1) is 15.9. The second-order valence-corrected chi connectivity index (χ2v) is 6.22. The van der Waals surface area contributed by atoms with Crippen molar-refractivity contribution in [1.29, 1.82) is 0 Å². The van der Waals surface area contributed by atoms with Crippen LogP contribution in [0, 0.1) is 13.8 Å². The molecule has 1 aromatic rings. The Balaban J connectivity index is 3.03. The average molecular weight is 286 g/mol. The Hall–Kier alpha value is -1.11. The molecule has 0 spiro atoms. The molecule has 1 aromatic carbocycles. The monoisotopic (exact) mass is 286 g/mol. The summed E-state index contributed by atoms with van der Waals surface area (Å²) in [6.07, 6.45) is 0. The smallest absolute Gasteiger partial charge is 0.238 e. The summed E-state index contributed by atoms with van der Waals surface area (Å²) < 4.78 is 28.2. The van der Waals surface area contributed by atoms with Crippen LogP contribution in [0.3, 0.4) is 0 Å². The number of aryl methyl sites for hydroxylation is 1. The molecule has 108 valence electrons. The van der Waals surface area contributed by atoms with Gasteiger partial charge in [-0.3, -0.25) is 0 Å². The van der Waals surface area contributed by atoms with Gasteiger partial charge in [-0.25, -0.2) is 13.6 Å². The maximum absolute atomic E-state index is 11.4. The zero-order valence-corrected chi connectivity index (χ0v) is 12.7. The van der Waals surface area contributed by atoms with Crippen molar-refractivity contribution in [2.24, 2.45) is 5.14 Å². The Bertz CT molecular complexity index is 541. The number of primary sulfonamides is 1. The molecule has 0 amide bonds. The Kier molecular flexibility index (Phi) is 5.34. The predicted molar refractivity (Wildman–Crippen MR) is 76.9 cm³/mol. The van der Waals surface area contributed by atoms with Crippen LogP contribution in [0.2, 0.25) is 0 Å². The highest BCUT2D eigenvalue weighted by Gasteiger charge is 2.13. The molecule has 0 saturated heterocycles. The van der Waals surface area contributed by atoms with Gasteiger partial charge in [0, 0.05) is 18.3 Å². The number of hydrogen-bond donors (Lipinski definition) is 2. The Morgan fingerprint density at radius 3 is 2.53 bits per heavy atom. The molecule has 19 heavy (non-hydrogen) atoms. The summed E-state index contributed by atoms with van der Waals surface area (Å²) in [5, 5.41) is 8.43. The summed E-state index contributed by atoms with van der Waals surface area (Å²) in [6.45, 7) is 8.94. The highest BCUT2D eigenvalue weighted by atomic mass is 32.2. The maximum atomic E-state index is 11.4. The van der Waals surface area contributed by atoms with Gasteiger partial charge in [-0.15, -0.1) is 0 Å². The van der Waals surface area contributed by atoms with E-state index in [0.717, 1.165) is 16.8 Å². The summed E-state index contributed by atoms with van der Waals surface area (Å²) >= 11 is 0. The fraction of sp³-hybridized carbons (Fsp3) is 0.538. The molecule has 0 aliphatic carbocycles. The highest BCUT2D eigenvalue weighted by Crippen LogP contribution is 2.24. The Morgan fingerprint density at radius 2 is 2.00 bits per heavy atom. The first-order valence-corrected chi connectivity index (χ1v) is 7.78. The van der Waals surface area contributed by atoms with Crippen molar-refractivity contribution in [1.82, 2.24) is 0 Å². The minimum atomic E-state index is -3.69. The maximum Gasteiger partial charge on any atom is 0.238 e. The first-order chi connectivity index (χ1) is 8.75. The zero-order chi connectivity index (χ0) is 14.6. The van der Waals surface area contributed by atoms with E-state index in [1.54, 1.807) is 12.1 Å². The van der Waals surface area contributed by atoms with Crippen LogP contribution in [-0.2, 0) is 14.8 Å². The lowest BCUT2D eigenvalue weighted by Gasteiger charge is -2.18. The molecule has 6 heteroatoms. The van der Waals surface area contributed by atoms with E-state index in [0.29, 0.717) is 13.2 Å². The highest BCUT2D eigenvalue weighted by molar-refractivity contribution is 7.89. The van der Waals surface area contributed by atoms with E-state index in [9.17, 15) is 8.42 Å². The van der Waals surface area contributed by atoms with Gasteiger partial charge < -0.3 is 10.1 Å². The molecule has 0 aromatic heterocycles. The molecular formula is C13H22N2O3S. The second-order valence-electron chi connectivity index (χ2n) is 4.66. The molecule has 0 aliphatic rings. The number of ether oxygens (including phenoxy) is 1. The normalized spacial score (nSPS) is 13.3. The van der Waals surface area contributed by atoms with Gasteiger partial charge in [0.1, 0.15) is 0 Å². The number of hydrogen-bond acceptors (Lipinski definition) is 4. The SMILES string of the molecule is CCOCC(C)Nc1cc(S(N)(=O)=O)cc(C)c1C. The van der Waals surface area contributed by atoms with E-state index < -0.39 is 10.0 Å². The molecule has 3 N–H and O–H groups in total. The molecule has 0 saturated carbocycles. The zero-order valence-electron chi connectivity index (χ0n) is 11.9. The number of nitrogens with one attached hydrogen (secondary N) is 1. The fourth-order valence-corrected chi connectivity index (χ4v) is 2.37. The summed E-state index contributed by atoms with van der Waals surface area (Å²) in [4.78, 5) is 0.127. The van der Waals surface area contributed by atoms with Gasteiger partial charge in [0.15, 0.2) is 0 Å². The van der Waals surface area contributed by atoms with Gasteiger partial charge >= 0.3 is 0 Å². The van der Waals surface area contributed by atoms with Crippen LogP contribution in [0.4, 0.5) is 5.69 Å². The van der Waals surface area contributed by atoms with Gasteiger partial charge in [-0.05, 0) is 51.0 Å². The summed E-state index contributed by atoms with van der Waals surface area (Å²) in [6, 6.07) is 3.25. The Labute approximate surface area is 115 Å². The van der Waals surface area contributed by atoms with Crippen LogP contribution in [0.5, 0.6) is 0 Å². The summed E-state index contributed by atoms with van der Waals surface area (Å²) in [5.74, 6) is 0. The molecular weight excluding hydrogens is 264 g/mol. The van der Waals surface area contributed by atoms with E-state index in [2.05, 4.69) is 5.32 Å². The van der Waals surface area contributed by atoms with Gasteiger partial charge in [-0.1, -0.05) is 0 Å². The van der Waals surface area contributed by atoms with Crippen molar-refractivity contribution < 1.29 is 13.2 Å². The quantitative estimate of drug-likeness (QED) is 0.835. The van der Waals surface area contributed by atoms with Crippen LogP contribution >= 0.6 is 0 Å². The average Bonchev–Trinajstić information content (AvgIpc) is 2.30. The molecule has 1 rings (SSSR count). The third-order valence-corrected chi connectivity index (χ3v) is 3.84. The van der Waals surface area contributed by atoms with Gasteiger partial charge in [0.05, 0.1) is 11.5 Å². The summed E-state index contributed by atoms with van der Waals surface area (Å²) in [7, 11) is -3.69. The van der Waals surface area contributed by atoms with Crippen molar-refractivity contribution >= 4 is 15.7 Å². The molecule has 0 fully saturated rings. The topological polar surface area (TPSA) is 81.4 Å². The number of rotatable bonds is 6. The van der Waals surface area contributed by atoms with Crippen molar-refractivity contribution in [2.75, 3.05) is 18.5 Å². The van der Waals surface area contributed by atoms with Crippen molar-refractivity contribution in [3.05, 3.63) is 23.3 Å². The minimum absolute atomic E-state index is 0.0915. The number of sulfonamides is 1. The third kappa shape index (κ3) is 4.49. The van der Waals surface area contributed by atoms with Crippen molar-refractivity contribution in [3.8, 4) is 0 Å². The molecule has 0 bridgehead atoms. The molecule has 1 atom stereocenters. The van der Waals surface area contributed by atoms with Crippen LogP contribution in [-0.4, -0.2) is 27.7 Å². The molecule has 5 nitrogen and oxygen atoms in total. The van der Waals surface area contributed by atoms with Gasteiger partial charge in [0.25, 0.3) is 0 Å². The Morgan fingerprint density at radius 1 is 1.37 bits per heavy atom. The van der Waals surface area contributed by atoms with Crippen LogP contribution in [0.1, 0.15) is 25.0 Å². The van der Waals surface area contributed by atoms with Crippen molar-refractivity contribution in [3.63, 3.8) is 0 Å². The van der Waals surface area contributed by atoms with Crippen molar-refractivity contribution in [2.45, 2.75) is 38.6 Å². The molecule has 0 radical (unpaired) electrons. The molecule has 0 heterocycles. The molecule has 1 unspecified atom stereocenters. The van der Waals surface area contributed by atoms with E-state index in [-0.39, 0.29) is 10.9 Å². The number of anilines is 1. The predicted octanol–water partition coefficient (Wildman–Crippen LogP) is 1.79. The van der Waals surface area contributed by atoms with E-state index >= 15 is 0 Å².